The Morgan fingerprint density at radius 1 is 0.912 bits per heavy atom. The monoisotopic (exact) mass is 460 g/mol. The molecule has 180 valence electrons. The maximum absolute atomic E-state index is 13.1. The van der Waals surface area contributed by atoms with Crippen molar-refractivity contribution in [3.05, 3.63) is 89.7 Å². The summed E-state index contributed by atoms with van der Waals surface area (Å²) < 4.78 is 11.6. The number of ether oxygens (including phenoxy) is 2. The molecule has 2 aromatic carbocycles. The number of unbranched alkanes of at least 4 members (excludes halogenated alkanes) is 3. The Bertz CT molecular complexity index is 993. The molecule has 1 aromatic heterocycles. The highest BCUT2D eigenvalue weighted by molar-refractivity contribution is 5.76. The number of rotatable bonds is 14. The fraction of sp³-hybridized carbons (Fsp3) is 0.379. The molecule has 0 aliphatic carbocycles. The van der Waals surface area contributed by atoms with Crippen molar-refractivity contribution in [2.75, 3.05) is 13.7 Å². The summed E-state index contributed by atoms with van der Waals surface area (Å²) in [5.41, 5.74) is 3.11. The molecule has 0 N–H and O–H groups in total. The maximum atomic E-state index is 13.1. The molecule has 5 heteroatoms. The van der Waals surface area contributed by atoms with Crippen molar-refractivity contribution in [2.45, 2.75) is 58.6 Å². The first-order valence-electron chi connectivity index (χ1n) is 12.2. The van der Waals surface area contributed by atoms with Crippen molar-refractivity contribution >= 4 is 5.91 Å². The Morgan fingerprint density at radius 2 is 1.74 bits per heavy atom. The second kappa shape index (κ2) is 14.0. The molecule has 0 saturated heterocycles. The molecule has 0 bridgehead atoms. The minimum absolute atomic E-state index is 0.190. The number of aromatic nitrogens is 1. The van der Waals surface area contributed by atoms with Crippen LogP contribution in [-0.2, 0) is 24.4 Å². The van der Waals surface area contributed by atoms with Crippen LogP contribution in [-0.4, -0.2) is 29.4 Å². The summed E-state index contributed by atoms with van der Waals surface area (Å²) >= 11 is 0. The average molecular weight is 461 g/mol. The summed E-state index contributed by atoms with van der Waals surface area (Å²) in [5.74, 6) is 1.56. The Morgan fingerprint density at radius 3 is 2.47 bits per heavy atom. The van der Waals surface area contributed by atoms with Gasteiger partial charge in [-0.2, -0.15) is 0 Å². The first kappa shape index (κ1) is 25.3. The van der Waals surface area contributed by atoms with Crippen LogP contribution in [0.15, 0.2) is 72.9 Å². The second-order valence-electron chi connectivity index (χ2n) is 8.46. The molecule has 0 atom stereocenters. The topological polar surface area (TPSA) is 51.7 Å². The van der Waals surface area contributed by atoms with E-state index in [1.165, 1.54) is 6.42 Å². The van der Waals surface area contributed by atoms with Crippen molar-refractivity contribution in [2.24, 2.45) is 0 Å². The molecular weight excluding hydrogens is 424 g/mol. The molecule has 1 heterocycles. The summed E-state index contributed by atoms with van der Waals surface area (Å²) in [7, 11) is 1.65. The Hall–Kier alpha value is -3.34. The fourth-order valence-electron chi connectivity index (χ4n) is 3.83. The molecule has 1 amide bonds. The van der Waals surface area contributed by atoms with Gasteiger partial charge in [0, 0.05) is 37.8 Å². The number of carbonyl (C=O) groups excluding carboxylic acids is 1. The van der Waals surface area contributed by atoms with Gasteiger partial charge in [0.15, 0.2) is 11.5 Å². The van der Waals surface area contributed by atoms with E-state index in [9.17, 15) is 4.79 Å². The first-order valence-corrected chi connectivity index (χ1v) is 12.2. The van der Waals surface area contributed by atoms with Gasteiger partial charge in [-0.1, -0.05) is 68.7 Å². The lowest BCUT2D eigenvalue weighted by atomic mass is 10.1. The molecule has 0 fully saturated rings. The number of carbonyl (C=O) groups is 1. The summed E-state index contributed by atoms with van der Waals surface area (Å²) in [6.07, 6.45) is 7.47. The zero-order valence-corrected chi connectivity index (χ0v) is 20.4. The molecule has 3 rings (SSSR count). The number of amides is 1. The van der Waals surface area contributed by atoms with Crippen LogP contribution in [0.1, 0.15) is 55.8 Å². The second-order valence-corrected chi connectivity index (χ2v) is 8.46. The van der Waals surface area contributed by atoms with Crippen molar-refractivity contribution in [1.82, 2.24) is 9.88 Å². The molecule has 0 aliphatic rings. The quantitative estimate of drug-likeness (QED) is 0.268. The van der Waals surface area contributed by atoms with Crippen LogP contribution < -0.4 is 9.47 Å². The summed E-state index contributed by atoms with van der Waals surface area (Å²) in [6, 6.07) is 21.9. The summed E-state index contributed by atoms with van der Waals surface area (Å²) in [5, 5.41) is 0. The van der Waals surface area contributed by atoms with Crippen LogP contribution in [0, 0.1) is 0 Å². The van der Waals surface area contributed by atoms with Gasteiger partial charge < -0.3 is 14.4 Å². The predicted molar refractivity (Wildman–Crippen MR) is 136 cm³/mol. The van der Waals surface area contributed by atoms with E-state index in [2.05, 4.69) is 11.9 Å². The molecule has 5 nitrogen and oxygen atoms in total. The van der Waals surface area contributed by atoms with Gasteiger partial charge in [-0.3, -0.25) is 9.78 Å². The van der Waals surface area contributed by atoms with Crippen molar-refractivity contribution in [3.8, 4) is 11.5 Å². The maximum Gasteiger partial charge on any atom is 0.222 e. The summed E-state index contributed by atoms with van der Waals surface area (Å²) in [4.78, 5) is 19.4. The van der Waals surface area contributed by atoms with Gasteiger partial charge in [0.05, 0.1) is 7.11 Å². The van der Waals surface area contributed by atoms with Crippen LogP contribution in [0.3, 0.4) is 0 Å². The van der Waals surface area contributed by atoms with Crippen LogP contribution in [0.2, 0.25) is 0 Å². The Balaban J connectivity index is 1.66. The fourth-order valence-corrected chi connectivity index (χ4v) is 3.83. The number of pyridine rings is 1. The van der Waals surface area contributed by atoms with Crippen molar-refractivity contribution in [1.29, 1.82) is 0 Å². The van der Waals surface area contributed by atoms with Gasteiger partial charge in [0.25, 0.3) is 0 Å². The van der Waals surface area contributed by atoms with E-state index in [1.54, 1.807) is 13.3 Å². The first-order chi connectivity index (χ1) is 16.7. The lowest BCUT2D eigenvalue weighted by Gasteiger charge is -2.23. The SMILES string of the molecule is CCCCCCC(=O)N(CCc1ccccn1)Cc1ccc(OCc2ccccc2)c(OC)c1. The van der Waals surface area contributed by atoms with Gasteiger partial charge in [0.1, 0.15) is 6.61 Å². The van der Waals surface area contributed by atoms with Gasteiger partial charge in [-0.15, -0.1) is 0 Å². The zero-order chi connectivity index (χ0) is 24.0. The Kier molecular flexibility index (Phi) is 10.4. The molecular formula is C29H36N2O3. The molecule has 0 radical (unpaired) electrons. The van der Waals surface area contributed by atoms with Gasteiger partial charge in [0.2, 0.25) is 5.91 Å². The minimum Gasteiger partial charge on any atom is -0.493 e. The van der Waals surface area contributed by atoms with E-state index in [0.717, 1.165) is 42.5 Å². The van der Waals surface area contributed by atoms with Crippen LogP contribution in [0.5, 0.6) is 11.5 Å². The van der Waals surface area contributed by atoms with Crippen molar-refractivity contribution < 1.29 is 14.3 Å². The molecule has 0 unspecified atom stereocenters. The standard InChI is InChI=1S/C29H36N2O3/c1-3-4-5-9-15-29(32)31(20-18-26-14-10-11-19-30-26)22-25-16-17-27(28(21-25)33-2)34-23-24-12-7-6-8-13-24/h6-8,10-14,16-17,19,21H,3-5,9,15,18,20,22-23H2,1-2H3. The van der Waals surface area contributed by atoms with E-state index >= 15 is 0 Å². The van der Waals surface area contributed by atoms with E-state index in [0.29, 0.717) is 37.6 Å². The number of methoxy groups -OCH3 is 1. The lowest BCUT2D eigenvalue weighted by Crippen LogP contribution is -2.32. The van der Waals surface area contributed by atoms with E-state index < -0.39 is 0 Å². The van der Waals surface area contributed by atoms with Crippen LogP contribution >= 0.6 is 0 Å². The molecule has 0 saturated carbocycles. The number of hydrogen-bond acceptors (Lipinski definition) is 4. The predicted octanol–water partition coefficient (Wildman–Crippen LogP) is 6.21. The highest BCUT2D eigenvalue weighted by atomic mass is 16.5. The highest BCUT2D eigenvalue weighted by Gasteiger charge is 2.16. The third kappa shape index (κ3) is 8.22. The minimum atomic E-state index is 0.190. The molecule has 3 aromatic rings. The molecule has 0 aliphatic heterocycles. The van der Waals surface area contributed by atoms with Gasteiger partial charge in [-0.05, 0) is 41.8 Å². The zero-order valence-electron chi connectivity index (χ0n) is 20.4. The van der Waals surface area contributed by atoms with Crippen LogP contribution in [0.25, 0.3) is 0 Å². The third-order valence-electron chi connectivity index (χ3n) is 5.80. The normalized spacial score (nSPS) is 10.6. The van der Waals surface area contributed by atoms with E-state index in [1.807, 2.05) is 71.6 Å². The molecule has 0 spiro atoms. The third-order valence-corrected chi connectivity index (χ3v) is 5.80. The van der Waals surface area contributed by atoms with E-state index in [-0.39, 0.29) is 5.91 Å². The highest BCUT2D eigenvalue weighted by Crippen LogP contribution is 2.29. The largest absolute Gasteiger partial charge is 0.493 e. The van der Waals surface area contributed by atoms with E-state index in [4.69, 9.17) is 9.47 Å². The smallest absolute Gasteiger partial charge is 0.222 e. The van der Waals surface area contributed by atoms with Gasteiger partial charge >= 0.3 is 0 Å². The number of nitrogens with zero attached hydrogens (tertiary/aromatic N) is 2. The van der Waals surface area contributed by atoms with Crippen LogP contribution in [0.4, 0.5) is 0 Å². The van der Waals surface area contributed by atoms with Gasteiger partial charge in [-0.25, -0.2) is 0 Å². The average Bonchev–Trinajstić information content (AvgIpc) is 2.89. The number of hydrogen-bond donors (Lipinski definition) is 0. The number of benzene rings is 2. The lowest BCUT2D eigenvalue weighted by molar-refractivity contribution is -0.131. The summed E-state index contributed by atoms with van der Waals surface area (Å²) in [6.45, 7) is 3.83. The Labute approximate surface area is 203 Å². The molecule has 34 heavy (non-hydrogen) atoms. The van der Waals surface area contributed by atoms with Crippen molar-refractivity contribution in [3.63, 3.8) is 0 Å².